The second kappa shape index (κ2) is 12.0. The summed E-state index contributed by atoms with van der Waals surface area (Å²) in [6.07, 6.45) is 3.89. The quantitative estimate of drug-likeness (QED) is 0.565. The van der Waals surface area contributed by atoms with Crippen LogP contribution in [0, 0.1) is 0 Å². The van der Waals surface area contributed by atoms with Gasteiger partial charge in [0, 0.05) is 44.3 Å². The van der Waals surface area contributed by atoms with Gasteiger partial charge in [0.2, 0.25) is 0 Å². The van der Waals surface area contributed by atoms with E-state index in [1.807, 2.05) is 30.0 Å². The zero-order chi connectivity index (χ0) is 21.2. The van der Waals surface area contributed by atoms with E-state index in [1.54, 1.807) is 7.11 Å². The smallest absolute Gasteiger partial charge is 0.254 e. The third-order valence-corrected chi connectivity index (χ3v) is 5.30. The SMILES string of the molecule is CCC(C)Oc1ccc(C(=O)N(C(C)C)[C@@H]2CCCNC2)cc1OCCCOC. The Balaban J connectivity index is 2.23. The highest BCUT2D eigenvalue weighted by atomic mass is 16.5. The molecule has 29 heavy (non-hydrogen) atoms. The number of carbonyl (C=O) groups excluding carboxylic acids is 1. The second-order valence-electron chi connectivity index (χ2n) is 8.00. The minimum atomic E-state index is 0.0468. The molecule has 6 heteroatoms. The molecule has 1 aliphatic rings. The molecular formula is C23H38N2O4. The van der Waals surface area contributed by atoms with Crippen LogP contribution in [0.3, 0.4) is 0 Å². The zero-order valence-corrected chi connectivity index (χ0v) is 18.7. The average Bonchev–Trinajstić information content (AvgIpc) is 2.72. The van der Waals surface area contributed by atoms with E-state index in [9.17, 15) is 4.79 Å². The summed E-state index contributed by atoms with van der Waals surface area (Å²) in [6, 6.07) is 5.90. The van der Waals surface area contributed by atoms with Crippen molar-refractivity contribution in [3.05, 3.63) is 23.8 Å². The van der Waals surface area contributed by atoms with E-state index in [0.717, 1.165) is 38.8 Å². The van der Waals surface area contributed by atoms with Crippen LogP contribution in [0.5, 0.6) is 11.5 Å². The maximum absolute atomic E-state index is 13.4. The van der Waals surface area contributed by atoms with E-state index >= 15 is 0 Å². The lowest BCUT2D eigenvalue weighted by Gasteiger charge is -2.37. The molecule has 0 bridgehead atoms. The maximum atomic E-state index is 13.4. The first-order valence-electron chi connectivity index (χ1n) is 10.9. The lowest BCUT2D eigenvalue weighted by atomic mass is 10.0. The highest BCUT2D eigenvalue weighted by molar-refractivity contribution is 5.95. The Bertz CT molecular complexity index is 629. The van der Waals surface area contributed by atoms with Gasteiger partial charge in [-0.05, 0) is 64.8 Å². The van der Waals surface area contributed by atoms with Gasteiger partial charge in [-0.15, -0.1) is 0 Å². The molecular weight excluding hydrogens is 368 g/mol. The number of piperidine rings is 1. The van der Waals surface area contributed by atoms with Gasteiger partial charge >= 0.3 is 0 Å². The summed E-state index contributed by atoms with van der Waals surface area (Å²) >= 11 is 0. The number of hydrogen-bond acceptors (Lipinski definition) is 5. The van der Waals surface area contributed by atoms with Crippen molar-refractivity contribution in [3.63, 3.8) is 0 Å². The number of carbonyl (C=O) groups is 1. The monoisotopic (exact) mass is 406 g/mol. The van der Waals surface area contributed by atoms with Crippen LogP contribution < -0.4 is 14.8 Å². The van der Waals surface area contributed by atoms with Gasteiger partial charge in [-0.1, -0.05) is 6.92 Å². The third kappa shape index (κ3) is 6.89. The number of nitrogens with one attached hydrogen (secondary N) is 1. The molecule has 1 fully saturated rings. The molecule has 1 aromatic rings. The molecule has 1 saturated heterocycles. The molecule has 1 unspecified atom stereocenters. The molecule has 0 radical (unpaired) electrons. The number of benzene rings is 1. The standard InChI is InChI=1S/C23H38N2O4/c1-6-18(4)29-21-11-10-19(15-22(21)28-14-8-13-27-5)23(26)25(17(2)3)20-9-7-12-24-16-20/h10-11,15,17-18,20,24H,6-9,12-14,16H2,1-5H3/t18?,20-/m1/s1. The number of methoxy groups -OCH3 is 1. The van der Waals surface area contributed by atoms with Crippen molar-refractivity contribution in [1.29, 1.82) is 0 Å². The van der Waals surface area contributed by atoms with Crippen molar-refractivity contribution in [2.75, 3.05) is 33.4 Å². The highest BCUT2D eigenvalue weighted by Crippen LogP contribution is 2.31. The first-order chi connectivity index (χ1) is 14.0. The Morgan fingerprint density at radius 1 is 1.24 bits per heavy atom. The molecule has 0 aliphatic carbocycles. The van der Waals surface area contributed by atoms with Gasteiger partial charge in [0.15, 0.2) is 11.5 Å². The van der Waals surface area contributed by atoms with Crippen LogP contribution >= 0.6 is 0 Å². The Kier molecular flexibility index (Phi) is 9.74. The van der Waals surface area contributed by atoms with Gasteiger partial charge in [0.25, 0.3) is 5.91 Å². The summed E-state index contributed by atoms with van der Waals surface area (Å²) < 4.78 is 17.1. The minimum Gasteiger partial charge on any atom is -0.490 e. The summed E-state index contributed by atoms with van der Waals surface area (Å²) in [7, 11) is 1.68. The topological polar surface area (TPSA) is 60.0 Å². The van der Waals surface area contributed by atoms with E-state index < -0.39 is 0 Å². The van der Waals surface area contributed by atoms with E-state index in [2.05, 4.69) is 26.1 Å². The first-order valence-corrected chi connectivity index (χ1v) is 10.9. The summed E-state index contributed by atoms with van der Waals surface area (Å²) in [5.74, 6) is 1.35. The lowest BCUT2D eigenvalue weighted by Crippen LogP contribution is -2.51. The fourth-order valence-electron chi connectivity index (χ4n) is 3.58. The molecule has 1 N–H and O–H groups in total. The van der Waals surface area contributed by atoms with Gasteiger partial charge in [-0.3, -0.25) is 4.79 Å². The molecule has 1 amide bonds. The van der Waals surface area contributed by atoms with Crippen molar-refractivity contribution in [1.82, 2.24) is 10.2 Å². The summed E-state index contributed by atoms with van der Waals surface area (Å²) in [5.41, 5.74) is 0.641. The predicted octanol–water partition coefficient (Wildman–Crippen LogP) is 3.88. The van der Waals surface area contributed by atoms with Crippen molar-refractivity contribution in [2.24, 2.45) is 0 Å². The zero-order valence-electron chi connectivity index (χ0n) is 18.7. The third-order valence-electron chi connectivity index (χ3n) is 5.30. The Hall–Kier alpha value is -1.79. The second-order valence-corrected chi connectivity index (χ2v) is 8.00. The van der Waals surface area contributed by atoms with E-state index in [0.29, 0.717) is 30.3 Å². The lowest BCUT2D eigenvalue weighted by molar-refractivity contribution is 0.0573. The molecule has 6 nitrogen and oxygen atoms in total. The van der Waals surface area contributed by atoms with Gasteiger partial charge < -0.3 is 24.4 Å². The van der Waals surface area contributed by atoms with Crippen molar-refractivity contribution >= 4 is 5.91 Å². The number of amides is 1. The van der Waals surface area contributed by atoms with Crippen LogP contribution in [0.4, 0.5) is 0 Å². The van der Waals surface area contributed by atoms with Crippen molar-refractivity contribution in [3.8, 4) is 11.5 Å². The van der Waals surface area contributed by atoms with Crippen LogP contribution in [0.25, 0.3) is 0 Å². The summed E-state index contributed by atoms with van der Waals surface area (Å²) in [5, 5.41) is 3.41. The van der Waals surface area contributed by atoms with Gasteiger partial charge in [-0.2, -0.15) is 0 Å². The number of hydrogen-bond donors (Lipinski definition) is 1. The largest absolute Gasteiger partial charge is 0.490 e. The van der Waals surface area contributed by atoms with Gasteiger partial charge in [0.1, 0.15) is 0 Å². The van der Waals surface area contributed by atoms with Gasteiger partial charge in [0.05, 0.1) is 12.7 Å². The summed E-state index contributed by atoms with van der Waals surface area (Å²) in [4.78, 5) is 15.4. The van der Waals surface area contributed by atoms with Gasteiger partial charge in [-0.25, -0.2) is 0 Å². The van der Waals surface area contributed by atoms with Crippen LogP contribution in [-0.2, 0) is 4.74 Å². The maximum Gasteiger partial charge on any atom is 0.254 e. The first kappa shape index (κ1) is 23.5. The number of nitrogens with zero attached hydrogens (tertiary/aromatic N) is 1. The average molecular weight is 407 g/mol. The minimum absolute atomic E-state index is 0.0468. The van der Waals surface area contributed by atoms with E-state index in [-0.39, 0.29) is 24.1 Å². The van der Waals surface area contributed by atoms with Crippen LogP contribution in [0.1, 0.15) is 63.7 Å². The molecule has 164 valence electrons. The number of ether oxygens (including phenoxy) is 3. The molecule has 0 spiro atoms. The number of rotatable bonds is 11. The molecule has 1 aromatic carbocycles. The van der Waals surface area contributed by atoms with Crippen LogP contribution in [0.2, 0.25) is 0 Å². The normalized spacial score (nSPS) is 17.8. The Labute approximate surface area is 175 Å². The van der Waals surface area contributed by atoms with Crippen molar-refractivity contribution < 1.29 is 19.0 Å². The molecule has 2 atom stereocenters. The van der Waals surface area contributed by atoms with E-state index in [1.165, 1.54) is 0 Å². The Morgan fingerprint density at radius 3 is 2.66 bits per heavy atom. The van der Waals surface area contributed by atoms with Crippen LogP contribution in [-0.4, -0.2) is 62.4 Å². The predicted molar refractivity (Wildman–Crippen MR) is 116 cm³/mol. The highest BCUT2D eigenvalue weighted by Gasteiger charge is 2.29. The van der Waals surface area contributed by atoms with E-state index in [4.69, 9.17) is 14.2 Å². The molecule has 2 rings (SSSR count). The van der Waals surface area contributed by atoms with Crippen LogP contribution in [0.15, 0.2) is 18.2 Å². The fourth-order valence-corrected chi connectivity index (χ4v) is 3.58. The van der Waals surface area contributed by atoms with Crippen molar-refractivity contribution in [2.45, 2.75) is 71.6 Å². The fraction of sp³-hybridized carbons (Fsp3) is 0.696. The summed E-state index contributed by atoms with van der Waals surface area (Å²) in [6.45, 7) is 11.3. The Morgan fingerprint density at radius 2 is 2.03 bits per heavy atom. The molecule has 1 aliphatic heterocycles. The molecule has 0 saturated carbocycles. The molecule has 0 aromatic heterocycles. The molecule has 1 heterocycles.